The van der Waals surface area contributed by atoms with E-state index in [0.29, 0.717) is 11.6 Å². The van der Waals surface area contributed by atoms with Crippen LogP contribution in [0.15, 0.2) is 18.2 Å². The second kappa shape index (κ2) is 4.36. The van der Waals surface area contributed by atoms with Crippen molar-refractivity contribution in [3.8, 4) is 5.88 Å². The van der Waals surface area contributed by atoms with Crippen LogP contribution in [0.3, 0.4) is 0 Å². The zero-order valence-electron chi connectivity index (χ0n) is 7.56. The lowest BCUT2D eigenvalue weighted by Gasteiger charge is -2.00. The summed E-state index contributed by atoms with van der Waals surface area (Å²) in [6.45, 7) is 0. The Bertz CT molecular complexity index is 362. The maximum Gasteiger partial charge on any atom is 0.372 e. The molecule has 0 aliphatic rings. The van der Waals surface area contributed by atoms with Crippen molar-refractivity contribution >= 4 is 11.8 Å². The first-order valence-electron chi connectivity index (χ1n) is 3.89. The highest BCUT2D eigenvalue weighted by Gasteiger charge is 2.12. The smallest absolute Gasteiger partial charge is 0.372 e. The van der Waals surface area contributed by atoms with Crippen molar-refractivity contribution in [2.45, 2.75) is 6.42 Å². The molecule has 0 atom stereocenters. The molecular weight excluding hydrogens is 186 g/mol. The largest absolute Gasteiger partial charge is 0.481 e. The third kappa shape index (κ3) is 2.55. The van der Waals surface area contributed by atoms with Crippen LogP contribution in [0.5, 0.6) is 5.88 Å². The average Bonchev–Trinajstić information content (AvgIpc) is 2.18. The van der Waals surface area contributed by atoms with E-state index in [1.54, 1.807) is 18.2 Å². The number of aromatic nitrogens is 1. The standard InChI is InChI=1S/C9H9NO4/c1-14-8-4-2-3-6(10-8)5-7(11)9(12)13/h2-4H,5H2,1H3,(H,12,13). The number of carbonyl (C=O) groups is 2. The van der Waals surface area contributed by atoms with E-state index in [0.717, 1.165) is 0 Å². The van der Waals surface area contributed by atoms with Crippen molar-refractivity contribution < 1.29 is 19.4 Å². The minimum absolute atomic E-state index is 0.216. The van der Waals surface area contributed by atoms with Gasteiger partial charge in [-0.25, -0.2) is 9.78 Å². The predicted octanol–water partition coefficient (Wildman–Crippen LogP) is 0.286. The molecule has 0 bridgehead atoms. The summed E-state index contributed by atoms with van der Waals surface area (Å²) in [7, 11) is 1.45. The number of carboxylic acid groups (broad SMARTS) is 1. The highest BCUT2D eigenvalue weighted by molar-refractivity contribution is 6.33. The number of aliphatic carboxylic acids is 1. The van der Waals surface area contributed by atoms with Crippen LogP contribution in [0.25, 0.3) is 0 Å². The van der Waals surface area contributed by atoms with E-state index in [-0.39, 0.29) is 6.42 Å². The molecule has 1 heterocycles. The van der Waals surface area contributed by atoms with Crippen LogP contribution in [-0.2, 0) is 16.0 Å². The van der Waals surface area contributed by atoms with Gasteiger partial charge in [0, 0.05) is 6.07 Å². The summed E-state index contributed by atoms with van der Waals surface area (Å²) < 4.78 is 4.83. The van der Waals surface area contributed by atoms with E-state index in [2.05, 4.69) is 4.98 Å². The molecule has 0 unspecified atom stereocenters. The number of hydrogen-bond acceptors (Lipinski definition) is 4. The quantitative estimate of drug-likeness (QED) is 0.698. The summed E-state index contributed by atoms with van der Waals surface area (Å²) in [6.07, 6.45) is -0.216. The molecular formula is C9H9NO4. The van der Waals surface area contributed by atoms with Gasteiger partial charge in [0.25, 0.3) is 0 Å². The molecule has 0 aliphatic carbocycles. The third-order valence-corrected chi connectivity index (χ3v) is 1.57. The zero-order valence-corrected chi connectivity index (χ0v) is 7.56. The summed E-state index contributed by atoms with van der Waals surface area (Å²) in [5, 5.41) is 8.36. The number of nitrogens with zero attached hydrogens (tertiary/aromatic N) is 1. The van der Waals surface area contributed by atoms with Crippen LogP contribution in [-0.4, -0.2) is 29.0 Å². The number of ether oxygens (including phenoxy) is 1. The minimum atomic E-state index is -1.45. The fraction of sp³-hybridized carbons (Fsp3) is 0.222. The Morgan fingerprint density at radius 1 is 1.50 bits per heavy atom. The van der Waals surface area contributed by atoms with E-state index in [1.807, 2.05) is 0 Å². The lowest BCUT2D eigenvalue weighted by atomic mass is 10.2. The van der Waals surface area contributed by atoms with Gasteiger partial charge in [-0.3, -0.25) is 4.79 Å². The van der Waals surface area contributed by atoms with Crippen LogP contribution in [0.1, 0.15) is 5.69 Å². The summed E-state index contributed by atoms with van der Waals surface area (Å²) in [4.78, 5) is 25.0. The molecule has 1 aromatic heterocycles. The third-order valence-electron chi connectivity index (χ3n) is 1.57. The Hall–Kier alpha value is -1.91. The summed E-state index contributed by atoms with van der Waals surface area (Å²) in [6, 6.07) is 4.84. The van der Waals surface area contributed by atoms with Crippen molar-refractivity contribution in [3.05, 3.63) is 23.9 Å². The number of pyridine rings is 1. The number of methoxy groups -OCH3 is 1. The minimum Gasteiger partial charge on any atom is -0.481 e. The molecule has 0 spiro atoms. The van der Waals surface area contributed by atoms with Gasteiger partial charge in [-0.05, 0) is 6.07 Å². The second-order valence-corrected chi connectivity index (χ2v) is 2.58. The van der Waals surface area contributed by atoms with Crippen LogP contribution in [0.2, 0.25) is 0 Å². The monoisotopic (exact) mass is 195 g/mol. The van der Waals surface area contributed by atoms with Gasteiger partial charge in [0.05, 0.1) is 19.2 Å². The maximum absolute atomic E-state index is 10.8. The Kier molecular flexibility index (Phi) is 3.17. The van der Waals surface area contributed by atoms with E-state index in [1.165, 1.54) is 7.11 Å². The molecule has 0 fully saturated rings. The highest BCUT2D eigenvalue weighted by Crippen LogP contribution is 2.07. The van der Waals surface area contributed by atoms with Gasteiger partial charge < -0.3 is 9.84 Å². The van der Waals surface area contributed by atoms with Gasteiger partial charge in [0.1, 0.15) is 0 Å². The molecule has 0 radical (unpaired) electrons. The predicted molar refractivity (Wildman–Crippen MR) is 47.1 cm³/mol. The Morgan fingerprint density at radius 2 is 2.21 bits per heavy atom. The zero-order chi connectivity index (χ0) is 10.6. The molecule has 5 nitrogen and oxygen atoms in total. The van der Waals surface area contributed by atoms with Crippen LogP contribution < -0.4 is 4.74 Å². The Balaban J connectivity index is 2.76. The van der Waals surface area contributed by atoms with Gasteiger partial charge in [0.2, 0.25) is 11.7 Å². The average molecular weight is 195 g/mol. The summed E-state index contributed by atoms with van der Waals surface area (Å²) in [5.41, 5.74) is 0.386. The molecule has 74 valence electrons. The molecule has 0 saturated heterocycles. The van der Waals surface area contributed by atoms with E-state index in [4.69, 9.17) is 9.84 Å². The van der Waals surface area contributed by atoms with Crippen molar-refractivity contribution in [2.24, 2.45) is 0 Å². The normalized spacial score (nSPS) is 9.50. The number of rotatable bonds is 4. The lowest BCUT2D eigenvalue weighted by molar-refractivity contribution is -0.148. The van der Waals surface area contributed by atoms with Gasteiger partial charge in [-0.2, -0.15) is 0 Å². The number of Topliss-reactive ketones (excluding diaryl/α,β-unsaturated/α-hetero) is 1. The fourth-order valence-electron chi connectivity index (χ4n) is 0.910. The van der Waals surface area contributed by atoms with Gasteiger partial charge in [0.15, 0.2) is 0 Å². The summed E-state index contributed by atoms with van der Waals surface area (Å²) >= 11 is 0. The van der Waals surface area contributed by atoms with E-state index < -0.39 is 11.8 Å². The van der Waals surface area contributed by atoms with Crippen molar-refractivity contribution in [2.75, 3.05) is 7.11 Å². The fourth-order valence-corrected chi connectivity index (χ4v) is 0.910. The Morgan fingerprint density at radius 3 is 2.79 bits per heavy atom. The van der Waals surface area contributed by atoms with Crippen LogP contribution in [0.4, 0.5) is 0 Å². The van der Waals surface area contributed by atoms with E-state index in [9.17, 15) is 9.59 Å². The molecule has 0 amide bonds. The molecule has 1 N–H and O–H groups in total. The topological polar surface area (TPSA) is 76.5 Å². The number of carboxylic acids is 1. The first-order chi connectivity index (χ1) is 6.63. The van der Waals surface area contributed by atoms with Crippen molar-refractivity contribution in [1.29, 1.82) is 0 Å². The second-order valence-electron chi connectivity index (χ2n) is 2.58. The molecule has 1 rings (SSSR count). The first-order valence-corrected chi connectivity index (χ1v) is 3.89. The first kappa shape index (κ1) is 10.2. The molecule has 14 heavy (non-hydrogen) atoms. The lowest BCUT2D eigenvalue weighted by Crippen LogP contribution is -2.15. The van der Waals surface area contributed by atoms with Crippen LogP contribution >= 0.6 is 0 Å². The van der Waals surface area contributed by atoms with Crippen molar-refractivity contribution in [1.82, 2.24) is 4.98 Å². The van der Waals surface area contributed by atoms with Crippen molar-refractivity contribution in [3.63, 3.8) is 0 Å². The summed E-state index contributed by atoms with van der Waals surface area (Å²) in [5.74, 6) is -1.97. The molecule has 1 aromatic rings. The molecule has 5 heteroatoms. The number of ketones is 1. The number of carbonyl (C=O) groups excluding carboxylic acids is 1. The van der Waals surface area contributed by atoms with E-state index >= 15 is 0 Å². The Labute approximate surface area is 80.3 Å². The SMILES string of the molecule is COc1cccc(CC(=O)C(=O)O)n1. The highest BCUT2D eigenvalue weighted by atomic mass is 16.5. The van der Waals surface area contributed by atoms with Gasteiger partial charge in [-0.1, -0.05) is 6.07 Å². The molecule has 0 aromatic carbocycles. The molecule has 0 saturated carbocycles. The number of hydrogen-bond donors (Lipinski definition) is 1. The van der Waals surface area contributed by atoms with Crippen LogP contribution in [0, 0.1) is 0 Å². The maximum atomic E-state index is 10.8. The molecule has 0 aliphatic heterocycles. The van der Waals surface area contributed by atoms with Gasteiger partial charge in [-0.15, -0.1) is 0 Å². The van der Waals surface area contributed by atoms with Gasteiger partial charge >= 0.3 is 5.97 Å².